The van der Waals surface area contributed by atoms with Crippen molar-refractivity contribution < 1.29 is 14.3 Å². The quantitative estimate of drug-likeness (QED) is 0.520. The van der Waals surface area contributed by atoms with Gasteiger partial charge in [-0.25, -0.2) is 0 Å². The average molecular weight is 391 g/mol. The molecule has 0 saturated carbocycles. The predicted octanol–water partition coefficient (Wildman–Crippen LogP) is 3.19. The molecule has 0 aliphatic rings. The number of hydrogen-bond acceptors (Lipinski definition) is 5. The summed E-state index contributed by atoms with van der Waals surface area (Å²) in [6.45, 7) is 2.34. The van der Waals surface area contributed by atoms with Crippen molar-refractivity contribution in [3.63, 3.8) is 0 Å². The van der Waals surface area contributed by atoms with Crippen LogP contribution in [0.2, 0.25) is 0 Å². The molecule has 6 nitrogen and oxygen atoms in total. The van der Waals surface area contributed by atoms with E-state index in [1.165, 1.54) is 0 Å². The van der Waals surface area contributed by atoms with E-state index in [2.05, 4.69) is 15.6 Å². The number of hydrogen-bond donors (Lipinski definition) is 2. The van der Waals surface area contributed by atoms with Crippen LogP contribution in [0.15, 0.2) is 73.1 Å². The van der Waals surface area contributed by atoms with Crippen molar-refractivity contribution in [1.29, 1.82) is 0 Å². The van der Waals surface area contributed by atoms with Gasteiger partial charge in [-0.05, 0) is 35.4 Å². The van der Waals surface area contributed by atoms with Gasteiger partial charge in [-0.3, -0.25) is 9.78 Å². The molecule has 0 radical (unpaired) electrons. The maximum absolute atomic E-state index is 12.0. The summed E-state index contributed by atoms with van der Waals surface area (Å²) in [5.41, 5.74) is 2.74. The topological polar surface area (TPSA) is 72.5 Å². The molecule has 150 valence electrons. The van der Waals surface area contributed by atoms with Gasteiger partial charge in [0, 0.05) is 32.0 Å². The number of carbonyl (C=O) groups is 1. The monoisotopic (exact) mass is 391 g/mol. The van der Waals surface area contributed by atoms with E-state index in [-0.39, 0.29) is 5.91 Å². The van der Waals surface area contributed by atoms with Gasteiger partial charge in [0.1, 0.15) is 6.61 Å². The lowest BCUT2D eigenvalue weighted by molar-refractivity contribution is 0.0953. The number of rotatable bonds is 10. The van der Waals surface area contributed by atoms with Crippen LogP contribution in [-0.4, -0.2) is 31.1 Å². The molecule has 3 rings (SSSR count). The lowest BCUT2D eigenvalue weighted by atomic mass is 10.2. The first-order chi connectivity index (χ1) is 14.3. The fraction of sp³-hybridized carbons (Fsp3) is 0.217. The molecule has 0 saturated heterocycles. The maximum Gasteiger partial charge on any atom is 0.252 e. The van der Waals surface area contributed by atoms with E-state index in [1.54, 1.807) is 31.6 Å². The van der Waals surface area contributed by atoms with Gasteiger partial charge in [0.25, 0.3) is 5.91 Å². The summed E-state index contributed by atoms with van der Waals surface area (Å²) in [5.74, 6) is 1.29. The van der Waals surface area contributed by atoms with E-state index in [1.807, 2.05) is 48.5 Å². The van der Waals surface area contributed by atoms with Crippen LogP contribution >= 0.6 is 0 Å². The van der Waals surface area contributed by atoms with Gasteiger partial charge in [-0.15, -0.1) is 0 Å². The molecule has 29 heavy (non-hydrogen) atoms. The summed E-state index contributed by atoms with van der Waals surface area (Å²) >= 11 is 0. The van der Waals surface area contributed by atoms with E-state index in [0.29, 0.717) is 43.3 Å². The van der Waals surface area contributed by atoms with Crippen molar-refractivity contribution in [1.82, 2.24) is 15.6 Å². The minimum absolute atomic E-state index is 0.124. The number of benzene rings is 2. The molecule has 0 aliphatic carbocycles. The zero-order valence-electron chi connectivity index (χ0n) is 16.4. The molecular weight excluding hydrogens is 366 g/mol. The number of methoxy groups -OCH3 is 1. The highest BCUT2D eigenvalue weighted by atomic mass is 16.5. The van der Waals surface area contributed by atoms with Crippen LogP contribution in [0.4, 0.5) is 0 Å². The summed E-state index contributed by atoms with van der Waals surface area (Å²) in [7, 11) is 1.63. The molecule has 2 N–H and O–H groups in total. The van der Waals surface area contributed by atoms with Crippen LogP contribution in [0.25, 0.3) is 0 Å². The van der Waals surface area contributed by atoms with E-state index in [9.17, 15) is 4.79 Å². The molecule has 0 bridgehead atoms. The van der Waals surface area contributed by atoms with Crippen LogP contribution in [0.5, 0.6) is 11.5 Å². The minimum atomic E-state index is -0.124. The molecule has 2 aromatic carbocycles. The van der Waals surface area contributed by atoms with E-state index < -0.39 is 0 Å². The average Bonchev–Trinajstić information content (AvgIpc) is 2.79. The Morgan fingerprint density at radius 2 is 1.83 bits per heavy atom. The van der Waals surface area contributed by atoms with Gasteiger partial charge >= 0.3 is 0 Å². The number of pyridine rings is 1. The van der Waals surface area contributed by atoms with Crippen molar-refractivity contribution in [2.24, 2.45) is 0 Å². The van der Waals surface area contributed by atoms with Gasteiger partial charge in [0.2, 0.25) is 0 Å². The number of ether oxygens (including phenoxy) is 2. The normalized spacial score (nSPS) is 10.4. The lowest BCUT2D eigenvalue weighted by Crippen LogP contribution is -2.31. The van der Waals surface area contributed by atoms with Crippen molar-refractivity contribution >= 4 is 5.91 Å². The Bertz CT molecular complexity index is 902. The first-order valence-electron chi connectivity index (χ1n) is 9.49. The van der Waals surface area contributed by atoms with Gasteiger partial charge in [-0.1, -0.05) is 36.4 Å². The van der Waals surface area contributed by atoms with E-state index in [4.69, 9.17) is 9.47 Å². The van der Waals surface area contributed by atoms with Crippen molar-refractivity contribution in [2.75, 3.05) is 20.2 Å². The molecule has 3 aromatic rings. The van der Waals surface area contributed by atoms with Crippen LogP contribution in [0.1, 0.15) is 21.5 Å². The standard InChI is InChI=1S/C23H25N3O3/c1-28-22-14-19(9-10-21(22)29-17-18-6-3-2-4-7-18)15-25-12-13-26-23(27)20-8-5-11-24-16-20/h2-11,14,16,25H,12-13,15,17H2,1H3,(H,26,27). The Labute approximate surface area is 170 Å². The lowest BCUT2D eigenvalue weighted by Gasteiger charge is -2.13. The Kier molecular flexibility index (Phi) is 7.60. The molecule has 0 fully saturated rings. The number of carbonyl (C=O) groups excluding carboxylic acids is 1. The number of amides is 1. The third kappa shape index (κ3) is 6.33. The third-order valence-electron chi connectivity index (χ3n) is 4.31. The number of nitrogens with zero attached hydrogens (tertiary/aromatic N) is 1. The Balaban J connectivity index is 1.43. The third-order valence-corrected chi connectivity index (χ3v) is 4.31. The zero-order valence-corrected chi connectivity index (χ0v) is 16.4. The van der Waals surface area contributed by atoms with Crippen molar-refractivity contribution in [3.05, 3.63) is 89.7 Å². The molecular formula is C23H25N3O3. The maximum atomic E-state index is 12.0. The Morgan fingerprint density at radius 1 is 0.966 bits per heavy atom. The van der Waals surface area contributed by atoms with Gasteiger partial charge < -0.3 is 20.1 Å². The highest BCUT2D eigenvalue weighted by Gasteiger charge is 2.07. The fourth-order valence-corrected chi connectivity index (χ4v) is 2.77. The molecule has 1 amide bonds. The van der Waals surface area contributed by atoms with Gasteiger partial charge in [0.15, 0.2) is 11.5 Å². The second-order valence-corrected chi connectivity index (χ2v) is 6.43. The molecule has 1 aromatic heterocycles. The Hall–Kier alpha value is -3.38. The van der Waals surface area contributed by atoms with Crippen LogP contribution in [0.3, 0.4) is 0 Å². The van der Waals surface area contributed by atoms with Crippen LogP contribution in [0, 0.1) is 0 Å². The smallest absolute Gasteiger partial charge is 0.252 e. The molecule has 6 heteroatoms. The minimum Gasteiger partial charge on any atom is -0.493 e. The Morgan fingerprint density at radius 3 is 2.59 bits per heavy atom. The van der Waals surface area contributed by atoms with Crippen molar-refractivity contribution in [3.8, 4) is 11.5 Å². The molecule has 1 heterocycles. The number of aromatic nitrogens is 1. The summed E-state index contributed by atoms with van der Waals surface area (Å²) < 4.78 is 11.3. The first kappa shape index (κ1) is 20.4. The summed E-state index contributed by atoms with van der Waals surface area (Å²) in [4.78, 5) is 15.9. The van der Waals surface area contributed by atoms with Gasteiger partial charge in [-0.2, -0.15) is 0 Å². The molecule has 0 atom stereocenters. The first-order valence-corrected chi connectivity index (χ1v) is 9.49. The SMILES string of the molecule is COc1cc(CNCCNC(=O)c2cccnc2)ccc1OCc1ccccc1. The largest absolute Gasteiger partial charge is 0.493 e. The zero-order chi connectivity index (χ0) is 20.3. The second kappa shape index (κ2) is 10.8. The molecule has 0 unspecified atom stereocenters. The number of nitrogens with one attached hydrogen (secondary N) is 2. The van der Waals surface area contributed by atoms with Crippen LogP contribution < -0.4 is 20.1 Å². The molecule has 0 spiro atoms. The summed E-state index contributed by atoms with van der Waals surface area (Å²) in [5, 5.41) is 6.17. The van der Waals surface area contributed by atoms with E-state index >= 15 is 0 Å². The summed E-state index contributed by atoms with van der Waals surface area (Å²) in [6.07, 6.45) is 3.20. The molecule has 0 aliphatic heterocycles. The summed E-state index contributed by atoms with van der Waals surface area (Å²) in [6, 6.07) is 19.4. The highest BCUT2D eigenvalue weighted by Crippen LogP contribution is 2.28. The van der Waals surface area contributed by atoms with Crippen LogP contribution in [-0.2, 0) is 13.2 Å². The fourth-order valence-electron chi connectivity index (χ4n) is 2.77. The predicted molar refractivity (Wildman–Crippen MR) is 112 cm³/mol. The highest BCUT2D eigenvalue weighted by molar-refractivity contribution is 5.93. The van der Waals surface area contributed by atoms with E-state index in [0.717, 1.165) is 11.1 Å². The van der Waals surface area contributed by atoms with Crippen molar-refractivity contribution in [2.45, 2.75) is 13.2 Å². The van der Waals surface area contributed by atoms with Gasteiger partial charge in [0.05, 0.1) is 12.7 Å². The second-order valence-electron chi connectivity index (χ2n) is 6.43.